The zero-order valence-electron chi connectivity index (χ0n) is 14.1. The van der Waals surface area contributed by atoms with Gasteiger partial charge in [-0.05, 0) is 24.6 Å². The predicted molar refractivity (Wildman–Crippen MR) is 91.7 cm³/mol. The molecule has 2 fully saturated rings. The van der Waals surface area contributed by atoms with Crippen LogP contribution < -0.4 is 10.6 Å². The maximum Gasteiger partial charge on any atom is 0.147 e. The number of piperazine rings is 2. The van der Waals surface area contributed by atoms with Gasteiger partial charge in [0.05, 0.1) is 12.1 Å². The van der Waals surface area contributed by atoms with Crippen molar-refractivity contribution in [3.8, 4) is 0 Å². The quantitative estimate of drug-likeness (QED) is 0.791. The maximum atomic E-state index is 13.2. The number of hydrogen-bond donors (Lipinski definition) is 2. The summed E-state index contributed by atoms with van der Waals surface area (Å²) in [6.07, 6.45) is 0. The van der Waals surface area contributed by atoms with Gasteiger partial charge in [-0.15, -0.1) is 0 Å². The van der Waals surface area contributed by atoms with Gasteiger partial charge in [-0.3, -0.25) is 4.90 Å². The molecule has 6 heteroatoms. The van der Waals surface area contributed by atoms with E-state index in [0.29, 0.717) is 12.2 Å². The Morgan fingerprint density at radius 2 is 1.96 bits per heavy atom. The van der Waals surface area contributed by atoms with Gasteiger partial charge in [0.1, 0.15) is 17.5 Å². The molecule has 130 valence electrons. The predicted octanol–water partition coefficient (Wildman–Crippen LogP) is 0.609. The van der Waals surface area contributed by atoms with Crippen molar-refractivity contribution in [3.05, 3.63) is 41.3 Å². The molecule has 24 heavy (non-hydrogen) atoms. The molecule has 2 heterocycles. The van der Waals surface area contributed by atoms with Gasteiger partial charge in [0.15, 0.2) is 0 Å². The first-order chi connectivity index (χ1) is 11.7. The Hall–Kier alpha value is -1.72. The molecule has 0 bridgehead atoms. The summed E-state index contributed by atoms with van der Waals surface area (Å²) < 4.78 is 13.2. The van der Waals surface area contributed by atoms with Crippen LogP contribution in [0.4, 0.5) is 4.39 Å². The van der Waals surface area contributed by atoms with Gasteiger partial charge in [-0.1, -0.05) is 12.1 Å². The Labute approximate surface area is 142 Å². The van der Waals surface area contributed by atoms with Gasteiger partial charge in [0.25, 0.3) is 0 Å². The number of carbonyl (C=O) groups excluding carboxylic acids is 1. The largest absolute Gasteiger partial charge is 0.355 e. The molecule has 2 N–H and O–H groups in total. The third-order valence-corrected chi connectivity index (χ3v) is 4.87. The number of rotatable bonds is 4. The molecule has 2 atom stereocenters. The summed E-state index contributed by atoms with van der Waals surface area (Å²) in [6, 6.07) is 6.70. The van der Waals surface area contributed by atoms with Gasteiger partial charge >= 0.3 is 0 Å². The first-order valence-corrected chi connectivity index (χ1v) is 8.60. The second-order valence-electron chi connectivity index (χ2n) is 6.58. The maximum absolute atomic E-state index is 13.2. The third kappa shape index (κ3) is 4.02. The van der Waals surface area contributed by atoms with E-state index in [0.717, 1.165) is 44.8 Å². The number of nitrogens with zero attached hydrogens (tertiary/aromatic N) is 2. The molecule has 1 aromatic rings. The van der Waals surface area contributed by atoms with Crippen molar-refractivity contribution in [2.75, 3.05) is 39.3 Å². The van der Waals surface area contributed by atoms with E-state index in [1.54, 1.807) is 12.1 Å². The van der Waals surface area contributed by atoms with E-state index in [1.807, 2.05) is 6.92 Å². The summed E-state index contributed by atoms with van der Waals surface area (Å²) in [5.41, 5.74) is 1.66. The van der Waals surface area contributed by atoms with E-state index in [4.69, 9.17) is 0 Å². The number of nitrogens with one attached hydrogen (secondary N) is 2. The first-order valence-electron chi connectivity index (χ1n) is 8.60. The molecule has 0 aromatic heterocycles. The molecule has 2 saturated heterocycles. The van der Waals surface area contributed by atoms with Crippen LogP contribution >= 0.6 is 0 Å². The summed E-state index contributed by atoms with van der Waals surface area (Å²) in [7, 11) is 0. The minimum Gasteiger partial charge on any atom is -0.355 e. The first kappa shape index (κ1) is 17.1. The van der Waals surface area contributed by atoms with Crippen molar-refractivity contribution in [2.45, 2.75) is 25.6 Å². The average Bonchev–Trinajstić information content (AvgIpc) is 2.60. The van der Waals surface area contributed by atoms with Crippen LogP contribution in [-0.4, -0.2) is 67.1 Å². The van der Waals surface area contributed by atoms with Crippen LogP contribution in [0.3, 0.4) is 0 Å². The Bertz CT molecular complexity index is 594. The van der Waals surface area contributed by atoms with E-state index in [1.165, 1.54) is 12.1 Å². The van der Waals surface area contributed by atoms with Gasteiger partial charge in [0.2, 0.25) is 0 Å². The molecular formula is C18H25FN4O. The van der Waals surface area contributed by atoms with Crippen molar-refractivity contribution >= 4 is 5.94 Å². The zero-order valence-corrected chi connectivity index (χ0v) is 14.1. The van der Waals surface area contributed by atoms with Crippen molar-refractivity contribution in [1.29, 1.82) is 0 Å². The van der Waals surface area contributed by atoms with E-state index in [9.17, 15) is 9.18 Å². The highest BCUT2D eigenvalue weighted by molar-refractivity contribution is 5.54. The highest BCUT2D eigenvalue weighted by atomic mass is 19.1. The normalized spacial score (nSPS) is 25.6. The minimum absolute atomic E-state index is 0.0118. The van der Waals surface area contributed by atoms with E-state index in [2.05, 4.69) is 26.4 Å². The summed E-state index contributed by atoms with van der Waals surface area (Å²) in [4.78, 5) is 16.1. The lowest BCUT2D eigenvalue weighted by molar-refractivity contribution is 0.122. The SMILES string of the molecule is CC1NCC(CN2CCNCC2)N(Cc2ccc(F)cc2)C1=C=O. The van der Waals surface area contributed by atoms with Crippen molar-refractivity contribution in [1.82, 2.24) is 20.4 Å². The lowest BCUT2D eigenvalue weighted by Crippen LogP contribution is -2.58. The fourth-order valence-corrected chi connectivity index (χ4v) is 3.47. The standard InChI is InChI=1S/C18H25FN4O/c1-14-18(13-24)23(11-15-2-4-16(19)5-3-15)17(10-21-14)12-22-8-6-20-7-9-22/h2-5,14,17,20-21H,6-12H2,1H3. The van der Waals surface area contributed by atoms with E-state index >= 15 is 0 Å². The molecule has 0 radical (unpaired) electrons. The molecule has 5 nitrogen and oxygen atoms in total. The van der Waals surface area contributed by atoms with Crippen molar-refractivity contribution in [3.63, 3.8) is 0 Å². The number of halogens is 1. The highest BCUT2D eigenvalue weighted by Crippen LogP contribution is 2.21. The third-order valence-electron chi connectivity index (χ3n) is 4.87. The fourth-order valence-electron chi connectivity index (χ4n) is 3.47. The van der Waals surface area contributed by atoms with Gasteiger partial charge in [-0.25, -0.2) is 9.18 Å². The zero-order chi connectivity index (χ0) is 16.9. The second-order valence-corrected chi connectivity index (χ2v) is 6.58. The summed E-state index contributed by atoms with van der Waals surface area (Å²) >= 11 is 0. The van der Waals surface area contributed by atoms with Crippen LogP contribution in [0.5, 0.6) is 0 Å². The number of benzene rings is 1. The lowest BCUT2D eigenvalue weighted by atomic mass is 10.0. The van der Waals surface area contributed by atoms with Crippen molar-refractivity contribution < 1.29 is 9.18 Å². The molecule has 1 aromatic carbocycles. The molecule has 0 amide bonds. The summed E-state index contributed by atoms with van der Waals surface area (Å²) in [5, 5.41) is 6.77. The average molecular weight is 332 g/mol. The lowest BCUT2D eigenvalue weighted by Gasteiger charge is -2.43. The Morgan fingerprint density at radius 3 is 2.62 bits per heavy atom. The van der Waals surface area contributed by atoms with E-state index in [-0.39, 0.29) is 17.9 Å². The van der Waals surface area contributed by atoms with Crippen LogP contribution in [0.2, 0.25) is 0 Å². The van der Waals surface area contributed by atoms with Gasteiger partial charge < -0.3 is 15.5 Å². The molecular weight excluding hydrogens is 307 g/mol. The van der Waals surface area contributed by atoms with Crippen LogP contribution in [0.15, 0.2) is 30.0 Å². The monoisotopic (exact) mass is 332 g/mol. The molecule has 0 saturated carbocycles. The smallest absolute Gasteiger partial charge is 0.147 e. The number of hydrogen-bond acceptors (Lipinski definition) is 5. The molecule has 2 unspecified atom stereocenters. The van der Waals surface area contributed by atoms with E-state index < -0.39 is 0 Å². The fraction of sp³-hybridized carbons (Fsp3) is 0.556. The topological polar surface area (TPSA) is 47.6 Å². The van der Waals surface area contributed by atoms with Crippen LogP contribution in [0, 0.1) is 5.82 Å². The molecule has 0 aliphatic carbocycles. The van der Waals surface area contributed by atoms with Crippen LogP contribution in [0.1, 0.15) is 12.5 Å². The molecule has 0 spiro atoms. The van der Waals surface area contributed by atoms with Crippen LogP contribution in [-0.2, 0) is 11.3 Å². The highest BCUT2D eigenvalue weighted by Gasteiger charge is 2.32. The summed E-state index contributed by atoms with van der Waals surface area (Å²) in [5.74, 6) is 1.89. The van der Waals surface area contributed by atoms with Gasteiger partial charge in [0, 0.05) is 45.8 Å². The molecule has 2 aliphatic heterocycles. The second kappa shape index (κ2) is 7.90. The summed E-state index contributed by atoms with van der Waals surface area (Å²) in [6.45, 7) is 8.39. The Morgan fingerprint density at radius 1 is 1.25 bits per heavy atom. The minimum atomic E-state index is -0.240. The van der Waals surface area contributed by atoms with Gasteiger partial charge in [-0.2, -0.15) is 0 Å². The van der Waals surface area contributed by atoms with Crippen molar-refractivity contribution in [2.24, 2.45) is 0 Å². The Balaban J connectivity index is 1.76. The van der Waals surface area contributed by atoms with Crippen LogP contribution in [0.25, 0.3) is 0 Å². The Kier molecular flexibility index (Phi) is 5.63. The molecule has 3 rings (SSSR count). The molecule has 2 aliphatic rings.